The van der Waals surface area contributed by atoms with Crippen molar-refractivity contribution in [3.8, 4) is 0 Å². The Kier molecular flexibility index (Phi) is 10.3. The van der Waals surface area contributed by atoms with Gasteiger partial charge in [-0.05, 0) is 38.2 Å². The van der Waals surface area contributed by atoms with Crippen LogP contribution in [-0.4, -0.2) is 49.4 Å². The maximum Gasteiger partial charge on any atom is 0.243 e. The molecule has 1 heterocycles. The molecule has 3 N–H and O–H groups in total. The molecule has 0 radical (unpaired) electrons. The summed E-state index contributed by atoms with van der Waals surface area (Å²) in [5, 5.41) is 11.3. The topological polar surface area (TPSA) is 106 Å². The van der Waals surface area contributed by atoms with Gasteiger partial charge in [-0.25, -0.2) is 5.48 Å². The third-order valence-corrected chi connectivity index (χ3v) is 5.22. The highest BCUT2D eigenvalue weighted by Crippen LogP contribution is 2.29. The van der Waals surface area contributed by atoms with Gasteiger partial charge in [0.1, 0.15) is 0 Å². The lowest BCUT2D eigenvalue weighted by Gasteiger charge is -2.37. The molecule has 0 aromatic carbocycles. The number of unbranched alkanes of at least 4 members (excludes halogenated alkanes) is 3. The maximum atomic E-state index is 12.3. The average molecular weight is 411 g/mol. The van der Waals surface area contributed by atoms with Gasteiger partial charge in [-0.15, -0.1) is 0 Å². The molecular weight excluding hydrogens is 376 g/mol. The third-order valence-electron chi connectivity index (χ3n) is 5.22. The number of ether oxygens (including phenoxy) is 3. The zero-order valence-electron chi connectivity index (χ0n) is 17.4. The summed E-state index contributed by atoms with van der Waals surface area (Å²) in [6.07, 6.45) is 9.73. The van der Waals surface area contributed by atoms with Crippen LogP contribution in [0.2, 0.25) is 0 Å². The second kappa shape index (κ2) is 12.7. The van der Waals surface area contributed by atoms with E-state index in [1.807, 2.05) is 0 Å². The van der Waals surface area contributed by atoms with Gasteiger partial charge in [0.2, 0.25) is 18.2 Å². The van der Waals surface area contributed by atoms with Crippen LogP contribution < -0.4 is 10.8 Å². The third kappa shape index (κ3) is 8.26. The monoisotopic (exact) mass is 410 g/mol. The van der Waals surface area contributed by atoms with Crippen molar-refractivity contribution in [1.29, 1.82) is 0 Å². The van der Waals surface area contributed by atoms with Gasteiger partial charge < -0.3 is 19.5 Å². The molecule has 0 aromatic rings. The Bertz CT molecular complexity index is 604. The van der Waals surface area contributed by atoms with Crippen molar-refractivity contribution in [2.75, 3.05) is 13.7 Å². The van der Waals surface area contributed by atoms with Gasteiger partial charge in [-0.1, -0.05) is 30.6 Å². The van der Waals surface area contributed by atoms with E-state index in [1.165, 1.54) is 11.1 Å². The van der Waals surface area contributed by atoms with Crippen molar-refractivity contribution in [1.82, 2.24) is 10.8 Å². The van der Waals surface area contributed by atoms with Crippen molar-refractivity contribution in [2.45, 2.75) is 83.3 Å². The van der Waals surface area contributed by atoms with Gasteiger partial charge in [0.05, 0.1) is 18.8 Å². The fourth-order valence-electron chi connectivity index (χ4n) is 3.63. The molecule has 29 heavy (non-hydrogen) atoms. The van der Waals surface area contributed by atoms with E-state index >= 15 is 0 Å². The highest BCUT2D eigenvalue weighted by molar-refractivity contribution is 5.76. The lowest BCUT2D eigenvalue weighted by molar-refractivity contribution is -0.252. The number of hydrogen-bond acceptors (Lipinski definition) is 6. The number of methoxy groups -OCH3 is 1. The van der Waals surface area contributed by atoms with Gasteiger partial charge in [-0.2, -0.15) is 0 Å². The van der Waals surface area contributed by atoms with E-state index in [0.717, 1.165) is 32.1 Å². The largest absolute Gasteiger partial charge is 0.382 e. The number of hydroxylamine groups is 1. The predicted octanol–water partition coefficient (Wildman–Crippen LogP) is 2.72. The molecular formula is C21H34N2O6. The van der Waals surface area contributed by atoms with Crippen LogP contribution >= 0.6 is 0 Å². The minimum Gasteiger partial charge on any atom is -0.382 e. The van der Waals surface area contributed by atoms with Gasteiger partial charge in [0.15, 0.2) is 0 Å². The molecule has 3 unspecified atom stereocenters. The first-order valence-corrected chi connectivity index (χ1v) is 10.4. The van der Waals surface area contributed by atoms with Crippen LogP contribution in [0.5, 0.6) is 0 Å². The van der Waals surface area contributed by atoms with Crippen molar-refractivity contribution in [2.24, 2.45) is 0 Å². The number of carbonyl (C=O) groups excluding carboxylic acids is 2. The number of rotatable bonds is 11. The number of nitrogens with one attached hydrogen (secondary N) is 2. The fraction of sp³-hybridized carbons (Fsp3) is 0.714. The number of amides is 2. The summed E-state index contributed by atoms with van der Waals surface area (Å²) >= 11 is 0. The maximum absolute atomic E-state index is 12.3. The van der Waals surface area contributed by atoms with Crippen molar-refractivity contribution < 1.29 is 29.0 Å². The molecule has 1 fully saturated rings. The van der Waals surface area contributed by atoms with Crippen molar-refractivity contribution in [3.63, 3.8) is 0 Å². The quantitative estimate of drug-likeness (QED) is 0.275. The molecule has 164 valence electrons. The van der Waals surface area contributed by atoms with Gasteiger partial charge in [-0.3, -0.25) is 14.8 Å². The molecule has 8 heteroatoms. The molecule has 2 amide bonds. The average Bonchev–Trinajstić information content (AvgIpc) is 2.70. The number of carbonyl (C=O) groups is 2. The van der Waals surface area contributed by atoms with E-state index in [9.17, 15) is 9.59 Å². The summed E-state index contributed by atoms with van der Waals surface area (Å²) in [7, 11) is 1.64. The van der Waals surface area contributed by atoms with Gasteiger partial charge >= 0.3 is 0 Å². The Hall–Kier alpha value is -1.74. The molecule has 0 saturated carbocycles. The fourth-order valence-corrected chi connectivity index (χ4v) is 3.63. The Morgan fingerprint density at radius 1 is 1.17 bits per heavy atom. The highest BCUT2D eigenvalue weighted by atomic mass is 16.7. The van der Waals surface area contributed by atoms with Crippen LogP contribution in [0.15, 0.2) is 23.3 Å². The summed E-state index contributed by atoms with van der Waals surface area (Å²) in [6, 6.07) is 0. The van der Waals surface area contributed by atoms with E-state index in [0.29, 0.717) is 32.3 Å². The first-order valence-electron chi connectivity index (χ1n) is 10.4. The lowest BCUT2D eigenvalue weighted by atomic mass is 9.92. The molecule has 0 aromatic heterocycles. The molecule has 0 spiro atoms. The van der Waals surface area contributed by atoms with Gasteiger partial charge in [0, 0.05) is 26.4 Å². The second-order valence-corrected chi connectivity index (χ2v) is 7.60. The summed E-state index contributed by atoms with van der Waals surface area (Å²) in [5.74, 6) is -0.502. The van der Waals surface area contributed by atoms with Crippen LogP contribution in [0, 0.1) is 0 Å². The molecule has 1 aliphatic heterocycles. The summed E-state index contributed by atoms with van der Waals surface area (Å²) in [6.45, 7) is 2.57. The predicted molar refractivity (Wildman–Crippen MR) is 107 cm³/mol. The Morgan fingerprint density at radius 2 is 1.90 bits per heavy atom. The normalized spacial score (nSPS) is 24.4. The van der Waals surface area contributed by atoms with Crippen LogP contribution in [-0.2, 0) is 23.8 Å². The number of hydrogen-bond donors (Lipinski definition) is 3. The molecule has 8 nitrogen and oxygen atoms in total. The standard InChI is InChI=1S/C21H34N2O6/c1-15-9-7-8-10-17(15)18-13-16(14-27-2)28-21(29-18)22-19(24)11-5-3-4-6-12-20(25)23-26/h8,10,16,18,21,26H,3-7,9,11-14H2,1-2H3,(H,22,24)(H,23,25). The van der Waals surface area contributed by atoms with Crippen LogP contribution in [0.1, 0.15) is 64.7 Å². The minimum atomic E-state index is -0.787. The molecule has 2 aliphatic rings. The Balaban J connectivity index is 1.78. The summed E-state index contributed by atoms with van der Waals surface area (Å²) in [4.78, 5) is 23.2. The highest BCUT2D eigenvalue weighted by Gasteiger charge is 2.33. The van der Waals surface area contributed by atoms with E-state index < -0.39 is 6.41 Å². The molecule has 2 rings (SSSR count). The van der Waals surface area contributed by atoms with E-state index in [4.69, 9.17) is 19.4 Å². The van der Waals surface area contributed by atoms with Crippen LogP contribution in [0.3, 0.4) is 0 Å². The van der Waals surface area contributed by atoms with E-state index in [1.54, 1.807) is 12.6 Å². The number of allylic oxidation sites excluding steroid dienone is 2. The van der Waals surface area contributed by atoms with Crippen molar-refractivity contribution in [3.05, 3.63) is 23.3 Å². The summed E-state index contributed by atoms with van der Waals surface area (Å²) < 4.78 is 17.1. The van der Waals surface area contributed by atoms with E-state index in [2.05, 4.69) is 24.4 Å². The minimum absolute atomic E-state index is 0.121. The first-order chi connectivity index (χ1) is 14.0. The smallest absolute Gasteiger partial charge is 0.243 e. The van der Waals surface area contributed by atoms with E-state index in [-0.39, 0.29) is 24.0 Å². The molecule has 0 bridgehead atoms. The molecule has 3 atom stereocenters. The summed E-state index contributed by atoms with van der Waals surface area (Å²) in [5.41, 5.74) is 4.10. The molecule has 1 saturated heterocycles. The first kappa shape index (κ1) is 23.5. The van der Waals surface area contributed by atoms with Crippen LogP contribution in [0.4, 0.5) is 0 Å². The van der Waals surface area contributed by atoms with Gasteiger partial charge in [0.25, 0.3) is 0 Å². The lowest BCUT2D eigenvalue weighted by Crippen LogP contribution is -2.49. The Morgan fingerprint density at radius 3 is 2.55 bits per heavy atom. The Labute approximate surface area is 172 Å². The second-order valence-electron chi connectivity index (χ2n) is 7.60. The zero-order chi connectivity index (χ0) is 21.1. The zero-order valence-corrected chi connectivity index (χ0v) is 17.4. The SMILES string of the molecule is COCC1CC(C2=C(C)CCC=C2)OC(NC(=O)CCCCCCC(=O)NO)O1. The molecule has 1 aliphatic carbocycles. The van der Waals surface area contributed by atoms with Crippen molar-refractivity contribution >= 4 is 11.8 Å². The van der Waals surface area contributed by atoms with Crippen LogP contribution in [0.25, 0.3) is 0 Å².